The van der Waals surface area contributed by atoms with Crippen LogP contribution in [0, 0.1) is 5.41 Å². The maximum atomic E-state index is 12.1. The number of ketones is 1. The molecule has 0 aromatic rings. The second-order valence-electron chi connectivity index (χ2n) is 4.79. The van der Waals surface area contributed by atoms with Crippen molar-refractivity contribution in [1.29, 1.82) is 0 Å². The Morgan fingerprint density at radius 2 is 2.17 bits per heavy atom. The van der Waals surface area contributed by atoms with Crippen LogP contribution >= 0.6 is 0 Å². The van der Waals surface area contributed by atoms with Crippen molar-refractivity contribution in [3.05, 3.63) is 0 Å². The second-order valence-corrected chi connectivity index (χ2v) is 4.79. The van der Waals surface area contributed by atoms with Crippen molar-refractivity contribution >= 4 is 11.8 Å². The Morgan fingerprint density at radius 1 is 1.44 bits per heavy atom. The van der Waals surface area contributed by atoms with E-state index in [2.05, 4.69) is 0 Å². The molecule has 2 fully saturated rings. The van der Waals surface area contributed by atoms with E-state index in [1.54, 1.807) is 6.92 Å². The zero-order valence-corrected chi connectivity index (χ0v) is 10.8. The van der Waals surface area contributed by atoms with Crippen LogP contribution in [-0.2, 0) is 23.8 Å². The minimum atomic E-state index is -0.939. The Bertz CT molecular complexity index is 321. The summed E-state index contributed by atoms with van der Waals surface area (Å²) in [4.78, 5) is 24.1. The van der Waals surface area contributed by atoms with E-state index in [-0.39, 0.29) is 18.0 Å². The maximum Gasteiger partial charge on any atom is 0.319 e. The van der Waals surface area contributed by atoms with Crippen LogP contribution < -0.4 is 0 Å². The monoisotopic (exact) mass is 256 g/mol. The molecule has 1 heterocycles. The van der Waals surface area contributed by atoms with Crippen molar-refractivity contribution in [3.63, 3.8) is 0 Å². The summed E-state index contributed by atoms with van der Waals surface area (Å²) in [5.74, 6) is -0.357. The normalized spacial score (nSPS) is 28.8. The number of carbonyl (C=O) groups excluding carboxylic acids is 2. The van der Waals surface area contributed by atoms with Crippen LogP contribution in [0.5, 0.6) is 0 Å². The number of hydrogen-bond donors (Lipinski definition) is 0. The molecule has 2 aliphatic rings. The zero-order chi connectivity index (χ0) is 13.0. The van der Waals surface area contributed by atoms with Gasteiger partial charge >= 0.3 is 5.97 Å². The van der Waals surface area contributed by atoms with Crippen molar-refractivity contribution in [2.45, 2.75) is 45.3 Å². The largest absolute Gasteiger partial charge is 0.465 e. The van der Waals surface area contributed by atoms with Crippen molar-refractivity contribution in [2.24, 2.45) is 5.41 Å². The number of hydrogen-bond acceptors (Lipinski definition) is 5. The van der Waals surface area contributed by atoms with Gasteiger partial charge in [0, 0.05) is 6.42 Å². The molecule has 0 amide bonds. The lowest BCUT2D eigenvalue weighted by molar-refractivity contribution is -0.160. The number of rotatable bonds is 5. The number of ether oxygens (including phenoxy) is 3. The van der Waals surface area contributed by atoms with E-state index >= 15 is 0 Å². The summed E-state index contributed by atoms with van der Waals surface area (Å²) in [6.07, 6.45) is 2.61. The molecule has 0 radical (unpaired) electrons. The summed E-state index contributed by atoms with van der Waals surface area (Å²) in [7, 11) is 0. The minimum Gasteiger partial charge on any atom is -0.465 e. The average Bonchev–Trinajstić information content (AvgIpc) is 2.97. The fraction of sp³-hybridized carbons (Fsp3) is 0.846. The fourth-order valence-electron chi connectivity index (χ4n) is 2.72. The molecule has 1 aliphatic heterocycles. The highest BCUT2D eigenvalue weighted by Gasteiger charge is 2.49. The molecule has 1 atom stereocenters. The van der Waals surface area contributed by atoms with Gasteiger partial charge in [0.1, 0.15) is 11.2 Å². The molecule has 1 saturated heterocycles. The van der Waals surface area contributed by atoms with E-state index in [4.69, 9.17) is 14.2 Å². The van der Waals surface area contributed by atoms with Gasteiger partial charge < -0.3 is 14.2 Å². The van der Waals surface area contributed by atoms with Crippen LogP contribution in [0.25, 0.3) is 0 Å². The lowest BCUT2D eigenvalue weighted by atomic mass is 9.80. The highest BCUT2D eigenvalue weighted by atomic mass is 16.7. The van der Waals surface area contributed by atoms with Crippen LogP contribution in [0.15, 0.2) is 0 Å². The van der Waals surface area contributed by atoms with Gasteiger partial charge in [0.05, 0.1) is 19.8 Å². The van der Waals surface area contributed by atoms with Crippen molar-refractivity contribution in [1.82, 2.24) is 0 Å². The molecule has 18 heavy (non-hydrogen) atoms. The first-order valence-corrected chi connectivity index (χ1v) is 6.63. The molecule has 5 nitrogen and oxygen atoms in total. The third-order valence-electron chi connectivity index (χ3n) is 3.70. The Hall–Kier alpha value is -0.940. The van der Waals surface area contributed by atoms with Gasteiger partial charge in [-0.3, -0.25) is 9.59 Å². The SMILES string of the molecule is CCOC(=O)C1(CCC2OCCO2)CCCC1=O. The summed E-state index contributed by atoms with van der Waals surface area (Å²) < 4.78 is 15.8. The van der Waals surface area contributed by atoms with Gasteiger partial charge in [-0.2, -0.15) is 0 Å². The predicted octanol–water partition coefficient (Wildman–Crippen LogP) is 1.44. The molecule has 5 heteroatoms. The van der Waals surface area contributed by atoms with E-state index in [0.29, 0.717) is 45.5 Å². The highest BCUT2D eigenvalue weighted by molar-refractivity contribution is 6.05. The molecule has 2 rings (SSSR count). The lowest BCUT2D eigenvalue weighted by Crippen LogP contribution is -2.37. The van der Waals surface area contributed by atoms with Crippen molar-refractivity contribution in [2.75, 3.05) is 19.8 Å². The molecule has 1 aliphatic carbocycles. The van der Waals surface area contributed by atoms with E-state index in [0.717, 1.165) is 6.42 Å². The molecule has 0 spiro atoms. The molecular formula is C13H20O5. The second kappa shape index (κ2) is 5.80. The smallest absolute Gasteiger partial charge is 0.319 e. The summed E-state index contributed by atoms with van der Waals surface area (Å²) in [5, 5.41) is 0. The van der Waals surface area contributed by atoms with Crippen LogP contribution in [0.4, 0.5) is 0 Å². The van der Waals surface area contributed by atoms with Gasteiger partial charge in [-0.25, -0.2) is 0 Å². The topological polar surface area (TPSA) is 61.8 Å². The Morgan fingerprint density at radius 3 is 2.72 bits per heavy atom. The standard InChI is InChI=1S/C13H20O5/c1-2-16-12(15)13(6-3-4-10(13)14)7-5-11-17-8-9-18-11/h11H,2-9H2,1H3. The first-order chi connectivity index (χ1) is 8.69. The summed E-state index contributed by atoms with van der Waals surface area (Å²) in [5.41, 5.74) is -0.939. The van der Waals surface area contributed by atoms with Crippen LogP contribution in [0.2, 0.25) is 0 Å². The number of esters is 1. The highest BCUT2D eigenvalue weighted by Crippen LogP contribution is 2.41. The average molecular weight is 256 g/mol. The van der Waals surface area contributed by atoms with Gasteiger partial charge in [0.15, 0.2) is 6.29 Å². The number of Topliss-reactive ketones (excluding diaryl/α,β-unsaturated/α-hetero) is 1. The van der Waals surface area contributed by atoms with Crippen LogP contribution in [0.1, 0.15) is 39.0 Å². The third kappa shape index (κ3) is 2.57. The van der Waals surface area contributed by atoms with Gasteiger partial charge in [0.25, 0.3) is 0 Å². The molecule has 1 unspecified atom stereocenters. The summed E-state index contributed by atoms with van der Waals surface area (Å²) in [6, 6.07) is 0. The molecule has 0 bridgehead atoms. The van der Waals surface area contributed by atoms with Gasteiger partial charge in [-0.1, -0.05) is 0 Å². The molecular weight excluding hydrogens is 236 g/mol. The lowest BCUT2D eigenvalue weighted by Gasteiger charge is -2.25. The van der Waals surface area contributed by atoms with Gasteiger partial charge in [-0.05, 0) is 32.6 Å². The zero-order valence-electron chi connectivity index (χ0n) is 10.8. The van der Waals surface area contributed by atoms with Gasteiger partial charge in [-0.15, -0.1) is 0 Å². The summed E-state index contributed by atoms with van der Waals surface area (Å²) in [6.45, 7) is 3.24. The van der Waals surface area contributed by atoms with Crippen LogP contribution in [-0.4, -0.2) is 37.9 Å². The molecule has 0 aromatic carbocycles. The molecule has 102 valence electrons. The van der Waals surface area contributed by atoms with Crippen LogP contribution in [0.3, 0.4) is 0 Å². The fourth-order valence-corrected chi connectivity index (χ4v) is 2.72. The van der Waals surface area contributed by atoms with E-state index in [1.165, 1.54) is 0 Å². The summed E-state index contributed by atoms with van der Waals surface area (Å²) >= 11 is 0. The Kier molecular flexibility index (Phi) is 4.35. The van der Waals surface area contributed by atoms with Gasteiger partial charge in [0.2, 0.25) is 0 Å². The molecule has 1 saturated carbocycles. The first-order valence-electron chi connectivity index (χ1n) is 6.63. The predicted molar refractivity (Wildman–Crippen MR) is 62.9 cm³/mol. The Balaban J connectivity index is 2.00. The van der Waals surface area contributed by atoms with Crippen molar-refractivity contribution < 1.29 is 23.8 Å². The van der Waals surface area contributed by atoms with Crippen molar-refractivity contribution in [3.8, 4) is 0 Å². The molecule has 0 N–H and O–H groups in total. The van der Waals surface area contributed by atoms with E-state index in [1.807, 2.05) is 0 Å². The first kappa shape index (κ1) is 13.5. The molecule has 0 aromatic heterocycles. The Labute approximate surface area is 107 Å². The van der Waals surface area contributed by atoms with E-state index < -0.39 is 5.41 Å². The third-order valence-corrected chi connectivity index (χ3v) is 3.70. The quantitative estimate of drug-likeness (QED) is 0.550. The minimum absolute atomic E-state index is 0.0129. The number of carbonyl (C=O) groups is 2. The maximum absolute atomic E-state index is 12.1. The van der Waals surface area contributed by atoms with E-state index in [9.17, 15) is 9.59 Å².